The van der Waals surface area contributed by atoms with Gasteiger partial charge in [-0.1, -0.05) is 41.3 Å². The summed E-state index contributed by atoms with van der Waals surface area (Å²) in [5.74, 6) is -0.154. The lowest BCUT2D eigenvalue weighted by Gasteiger charge is -2.21. The van der Waals surface area contributed by atoms with Crippen LogP contribution in [0.2, 0.25) is 0 Å². The first-order valence-corrected chi connectivity index (χ1v) is 8.14. The summed E-state index contributed by atoms with van der Waals surface area (Å²) in [6.07, 6.45) is 6.01. The van der Waals surface area contributed by atoms with Gasteiger partial charge in [0, 0.05) is 10.0 Å². The molecule has 0 unspecified atom stereocenters. The van der Waals surface area contributed by atoms with E-state index in [1.165, 1.54) is 19.3 Å². The third-order valence-corrected chi connectivity index (χ3v) is 4.18. The van der Waals surface area contributed by atoms with Gasteiger partial charge in [-0.25, -0.2) is 0 Å². The van der Waals surface area contributed by atoms with Crippen molar-refractivity contribution in [2.45, 2.75) is 32.1 Å². The van der Waals surface area contributed by atoms with Gasteiger partial charge in [-0.3, -0.25) is 9.59 Å². The molecule has 21 heavy (non-hydrogen) atoms. The zero-order chi connectivity index (χ0) is 15.1. The fourth-order valence-corrected chi connectivity index (χ4v) is 2.90. The number of hydrogen-bond acceptors (Lipinski definition) is 3. The van der Waals surface area contributed by atoms with Gasteiger partial charge in [0.1, 0.15) is 6.54 Å². The molecule has 1 aliphatic rings. The first kappa shape index (κ1) is 16.0. The van der Waals surface area contributed by atoms with Gasteiger partial charge in [-0.2, -0.15) is 0 Å². The van der Waals surface area contributed by atoms with Crippen LogP contribution in [-0.4, -0.2) is 25.0 Å². The van der Waals surface area contributed by atoms with E-state index in [4.69, 9.17) is 4.74 Å². The summed E-state index contributed by atoms with van der Waals surface area (Å²) in [4.78, 5) is 23.5. The van der Waals surface area contributed by atoms with E-state index in [1.807, 2.05) is 6.07 Å². The molecule has 1 saturated carbocycles. The van der Waals surface area contributed by atoms with E-state index in [0.717, 1.165) is 17.3 Å². The fourth-order valence-electron chi connectivity index (χ4n) is 2.50. The van der Waals surface area contributed by atoms with Crippen LogP contribution in [0.1, 0.15) is 42.5 Å². The highest BCUT2D eigenvalue weighted by Gasteiger charge is 2.16. The average Bonchev–Trinajstić information content (AvgIpc) is 2.51. The monoisotopic (exact) mass is 353 g/mol. The normalized spacial score (nSPS) is 15.5. The highest BCUT2D eigenvalue weighted by molar-refractivity contribution is 9.10. The highest BCUT2D eigenvalue weighted by atomic mass is 79.9. The highest BCUT2D eigenvalue weighted by Crippen LogP contribution is 2.23. The molecule has 0 radical (unpaired) electrons. The summed E-state index contributed by atoms with van der Waals surface area (Å²) in [7, 11) is 0. The largest absolute Gasteiger partial charge is 0.464 e. The summed E-state index contributed by atoms with van der Waals surface area (Å²) in [6.45, 7) is 0.393. The van der Waals surface area contributed by atoms with Crippen molar-refractivity contribution >= 4 is 27.8 Å². The lowest BCUT2D eigenvalue weighted by molar-refractivity contribution is -0.144. The average molecular weight is 354 g/mol. The summed E-state index contributed by atoms with van der Waals surface area (Å²) >= 11 is 3.31. The fraction of sp³-hybridized carbons (Fsp3) is 0.500. The van der Waals surface area contributed by atoms with Crippen LogP contribution in [0, 0.1) is 5.92 Å². The van der Waals surface area contributed by atoms with Gasteiger partial charge < -0.3 is 10.1 Å². The van der Waals surface area contributed by atoms with Crippen LogP contribution in [0.3, 0.4) is 0 Å². The Bertz CT molecular complexity index is 498. The van der Waals surface area contributed by atoms with E-state index in [-0.39, 0.29) is 18.4 Å². The Hall–Kier alpha value is -1.36. The molecular weight excluding hydrogens is 334 g/mol. The lowest BCUT2D eigenvalue weighted by atomic mass is 9.90. The minimum Gasteiger partial charge on any atom is -0.464 e. The summed E-state index contributed by atoms with van der Waals surface area (Å²) < 4.78 is 6.06. The van der Waals surface area contributed by atoms with Crippen molar-refractivity contribution in [3.63, 3.8) is 0 Å². The molecule has 2 rings (SSSR count). The Balaban J connectivity index is 1.69. The Morgan fingerprint density at radius 1 is 1.24 bits per heavy atom. The van der Waals surface area contributed by atoms with Crippen LogP contribution < -0.4 is 5.32 Å². The van der Waals surface area contributed by atoms with Crippen LogP contribution in [-0.2, 0) is 9.53 Å². The van der Waals surface area contributed by atoms with Crippen molar-refractivity contribution < 1.29 is 14.3 Å². The number of esters is 1. The van der Waals surface area contributed by atoms with Gasteiger partial charge in [-0.05, 0) is 37.0 Å². The number of carbonyl (C=O) groups is 2. The van der Waals surface area contributed by atoms with E-state index in [2.05, 4.69) is 21.2 Å². The Morgan fingerprint density at radius 3 is 2.71 bits per heavy atom. The molecule has 5 heteroatoms. The van der Waals surface area contributed by atoms with Crippen LogP contribution in [0.5, 0.6) is 0 Å². The van der Waals surface area contributed by atoms with E-state index in [0.29, 0.717) is 18.1 Å². The van der Waals surface area contributed by atoms with Gasteiger partial charge in [0.25, 0.3) is 5.91 Å². The molecular formula is C16H20BrNO3. The smallest absolute Gasteiger partial charge is 0.325 e. The maximum absolute atomic E-state index is 11.9. The van der Waals surface area contributed by atoms with Crippen molar-refractivity contribution in [3.8, 4) is 0 Å². The number of amides is 1. The molecule has 0 atom stereocenters. The molecule has 0 heterocycles. The summed E-state index contributed by atoms with van der Waals surface area (Å²) in [5, 5.41) is 2.58. The molecule has 1 fully saturated rings. The van der Waals surface area contributed by atoms with Crippen LogP contribution >= 0.6 is 15.9 Å². The third kappa shape index (κ3) is 5.50. The van der Waals surface area contributed by atoms with Gasteiger partial charge in [0.2, 0.25) is 0 Å². The van der Waals surface area contributed by atoms with Gasteiger partial charge in [0.15, 0.2) is 0 Å². The molecule has 1 aromatic rings. The molecule has 114 valence electrons. The number of hydrogen-bond donors (Lipinski definition) is 1. The molecule has 1 amide bonds. The maximum Gasteiger partial charge on any atom is 0.325 e. The number of ether oxygens (including phenoxy) is 1. The molecule has 0 bridgehead atoms. The molecule has 0 aliphatic heterocycles. The second kappa shape index (κ2) is 8.17. The minimum atomic E-state index is -0.371. The second-order valence-electron chi connectivity index (χ2n) is 5.38. The van der Waals surface area contributed by atoms with Crippen LogP contribution in [0.4, 0.5) is 0 Å². The molecule has 1 aromatic carbocycles. The van der Waals surface area contributed by atoms with Crippen molar-refractivity contribution in [2.75, 3.05) is 13.2 Å². The van der Waals surface area contributed by atoms with Crippen molar-refractivity contribution in [1.82, 2.24) is 5.32 Å². The number of rotatable bonds is 5. The van der Waals surface area contributed by atoms with Gasteiger partial charge >= 0.3 is 5.97 Å². The quantitative estimate of drug-likeness (QED) is 0.826. The third-order valence-electron chi connectivity index (χ3n) is 3.68. The number of carbonyl (C=O) groups excluding carboxylic acids is 2. The first-order chi connectivity index (χ1) is 10.1. The van der Waals surface area contributed by atoms with Gasteiger partial charge in [0.05, 0.1) is 6.61 Å². The molecule has 1 N–H and O–H groups in total. The van der Waals surface area contributed by atoms with Crippen LogP contribution in [0.15, 0.2) is 28.7 Å². The maximum atomic E-state index is 11.9. The predicted molar refractivity (Wildman–Crippen MR) is 84.0 cm³/mol. The van der Waals surface area contributed by atoms with E-state index in [9.17, 15) is 9.59 Å². The summed E-state index contributed by atoms with van der Waals surface area (Å²) in [5.41, 5.74) is 0.518. The predicted octanol–water partition coefficient (Wildman–Crippen LogP) is 3.30. The van der Waals surface area contributed by atoms with E-state index < -0.39 is 0 Å². The van der Waals surface area contributed by atoms with Crippen molar-refractivity contribution in [3.05, 3.63) is 34.3 Å². The van der Waals surface area contributed by atoms with E-state index in [1.54, 1.807) is 18.2 Å². The van der Waals surface area contributed by atoms with Crippen molar-refractivity contribution in [1.29, 1.82) is 0 Å². The number of benzene rings is 1. The Morgan fingerprint density at radius 2 is 2.00 bits per heavy atom. The standard InChI is InChI=1S/C16H20BrNO3/c17-14-8-4-7-13(9-14)16(20)18-10-15(19)21-11-12-5-2-1-3-6-12/h4,7-9,12H,1-3,5-6,10-11H2,(H,18,20). The van der Waals surface area contributed by atoms with Gasteiger partial charge in [-0.15, -0.1) is 0 Å². The number of nitrogens with one attached hydrogen (secondary N) is 1. The molecule has 0 aromatic heterocycles. The van der Waals surface area contributed by atoms with Crippen molar-refractivity contribution in [2.24, 2.45) is 5.92 Å². The molecule has 0 saturated heterocycles. The molecule has 0 spiro atoms. The van der Waals surface area contributed by atoms with Crippen LogP contribution in [0.25, 0.3) is 0 Å². The summed E-state index contributed by atoms with van der Waals surface area (Å²) in [6, 6.07) is 7.03. The Kier molecular flexibility index (Phi) is 6.23. The first-order valence-electron chi connectivity index (χ1n) is 7.34. The number of halogens is 1. The zero-order valence-electron chi connectivity index (χ0n) is 11.9. The molecule has 4 nitrogen and oxygen atoms in total. The zero-order valence-corrected chi connectivity index (χ0v) is 13.5. The molecule has 1 aliphatic carbocycles. The van der Waals surface area contributed by atoms with E-state index >= 15 is 0 Å². The minimum absolute atomic E-state index is 0.0853. The SMILES string of the molecule is O=C(CNC(=O)c1cccc(Br)c1)OCC1CCCCC1. The Labute approximate surface area is 133 Å². The second-order valence-corrected chi connectivity index (χ2v) is 6.30. The topological polar surface area (TPSA) is 55.4 Å². The lowest BCUT2D eigenvalue weighted by Crippen LogP contribution is -2.31.